The summed E-state index contributed by atoms with van der Waals surface area (Å²) in [5.41, 5.74) is 3.44. The van der Waals surface area contributed by atoms with Gasteiger partial charge in [-0.05, 0) is 60.5 Å². The third-order valence-corrected chi connectivity index (χ3v) is 6.53. The molecule has 2 aliphatic heterocycles. The predicted octanol–water partition coefficient (Wildman–Crippen LogP) is 5.48. The SMILES string of the molecule is COc1ccc(CCN2COc3ccc4c(c3C2)O/C(=C\c2cc(Br)ccc2OC)C4=O)cc1. The summed E-state index contributed by atoms with van der Waals surface area (Å²) in [5.74, 6) is 2.98. The maximum Gasteiger partial charge on any atom is 0.231 e. The molecule has 0 saturated carbocycles. The number of benzene rings is 3. The van der Waals surface area contributed by atoms with Crippen LogP contribution in [0.4, 0.5) is 0 Å². The lowest BCUT2D eigenvalue weighted by Gasteiger charge is -2.29. The Labute approximate surface area is 206 Å². The van der Waals surface area contributed by atoms with Crippen LogP contribution in [0, 0.1) is 0 Å². The highest BCUT2D eigenvalue weighted by molar-refractivity contribution is 9.10. The fraction of sp³-hybridized carbons (Fsp3) is 0.222. The van der Waals surface area contributed by atoms with Gasteiger partial charge in [-0.3, -0.25) is 9.69 Å². The molecule has 5 rings (SSSR count). The average molecular weight is 522 g/mol. The Bertz CT molecular complexity index is 1270. The van der Waals surface area contributed by atoms with Gasteiger partial charge in [0.1, 0.15) is 29.7 Å². The van der Waals surface area contributed by atoms with Gasteiger partial charge in [0, 0.05) is 23.1 Å². The van der Waals surface area contributed by atoms with Crippen molar-refractivity contribution >= 4 is 27.8 Å². The molecular weight excluding hydrogens is 498 g/mol. The van der Waals surface area contributed by atoms with Gasteiger partial charge in [-0.15, -0.1) is 0 Å². The molecule has 0 amide bonds. The molecule has 0 spiro atoms. The van der Waals surface area contributed by atoms with Crippen LogP contribution in [0.2, 0.25) is 0 Å². The van der Waals surface area contributed by atoms with Crippen LogP contribution >= 0.6 is 15.9 Å². The number of halogens is 1. The van der Waals surface area contributed by atoms with Crippen LogP contribution in [-0.2, 0) is 13.0 Å². The number of ether oxygens (including phenoxy) is 4. The van der Waals surface area contributed by atoms with Crippen molar-refractivity contribution in [2.75, 3.05) is 27.5 Å². The van der Waals surface area contributed by atoms with Crippen molar-refractivity contribution in [3.8, 4) is 23.0 Å². The van der Waals surface area contributed by atoms with Gasteiger partial charge in [0.15, 0.2) is 5.76 Å². The van der Waals surface area contributed by atoms with Crippen molar-refractivity contribution in [3.05, 3.63) is 87.1 Å². The number of hydrogen-bond acceptors (Lipinski definition) is 6. The van der Waals surface area contributed by atoms with E-state index in [1.807, 2.05) is 36.4 Å². The fourth-order valence-electron chi connectivity index (χ4n) is 4.19. The van der Waals surface area contributed by atoms with E-state index in [1.165, 1.54) is 5.56 Å². The van der Waals surface area contributed by atoms with E-state index in [-0.39, 0.29) is 11.5 Å². The van der Waals surface area contributed by atoms with E-state index in [0.717, 1.165) is 40.1 Å². The molecule has 2 aliphatic rings. The van der Waals surface area contributed by atoms with Crippen molar-refractivity contribution in [1.29, 1.82) is 0 Å². The molecule has 3 aromatic carbocycles. The minimum Gasteiger partial charge on any atom is -0.497 e. The van der Waals surface area contributed by atoms with Crippen LogP contribution in [0.1, 0.15) is 27.0 Å². The Kier molecular flexibility index (Phi) is 6.30. The molecule has 6 nitrogen and oxygen atoms in total. The number of methoxy groups -OCH3 is 2. The quantitative estimate of drug-likeness (QED) is 0.400. The molecule has 0 aliphatic carbocycles. The second-order valence-corrected chi connectivity index (χ2v) is 9.08. The minimum atomic E-state index is -0.143. The summed E-state index contributed by atoms with van der Waals surface area (Å²) in [6.07, 6.45) is 2.61. The van der Waals surface area contributed by atoms with Crippen molar-refractivity contribution in [2.24, 2.45) is 0 Å². The Morgan fingerprint density at radius 3 is 2.65 bits per heavy atom. The zero-order valence-corrected chi connectivity index (χ0v) is 20.6. The Hall–Kier alpha value is -3.29. The summed E-state index contributed by atoms with van der Waals surface area (Å²) in [7, 11) is 3.27. The lowest BCUT2D eigenvalue weighted by atomic mass is 10.0. The number of carbonyl (C=O) groups is 1. The summed E-state index contributed by atoms with van der Waals surface area (Å²) >= 11 is 3.47. The van der Waals surface area contributed by atoms with E-state index >= 15 is 0 Å². The first kappa shape index (κ1) is 22.5. The van der Waals surface area contributed by atoms with Gasteiger partial charge < -0.3 is 18.9 Å². The number of ketones is 1. The predicted molar refractivity (Wildman–Crippen MR) is 133 cm³/mol. The summed E-state index contributed by atoms with van der Waals surface area (Å²) in [6.45, 7) is 1.96. The van der Waals surface area contributed by atoms with Gasteiger partial charge in [-0.25, -0.2) is 0 Å². The summed E-state index contributed by atoms with van der Waals surface area (Å²) in [4.78, 5) is 15.3. The molecule has 0 fully saturated rings. The molecule has 2 heterocycles. The number of fused-ring (bicyclic) bond motifs is 3. The maximum atomic E-state index is 13.1. The number of rotatable bonds is 6. The van der Waals surface area contributed by atoms with Crippen LogP contribution in [0.5, 0.6) is 23.0 Å². The first-order valence-electron chi connectivity index (χ1n) is 11.0. The van der Waals surface area contributed by atoms with E-state index in [2.05, 4.69) is 33.0 Å². The number of nitrogens with zero attached hydrogens (tertiary/aromatic N) is 1. The van der Waals surface area contributed by atoms with Crippen molar-refractivity contribution in [2.45, 2.75) is 13.0 Å². The number of Topliss-reactive ketones (excluding diaryl/α,β-unsaturated/α-hetero) is 1. The molecule has 0 N–H and O–H groups in total. The monoisotopic (exact) mass is 521 g/mol. The molecule has 0 aromatic heterocycles. The molecule has 174 valence electrons. The summed E-state index contributed by atoms with van der Waals surface area (Å²) in [6, 6.07) is 17.4. The van der Waals surface area contributed by atoms with Gasteiger partial charge in [-0.2, -0.15) is 0 Å². The van der Waals surface area contributed by atoms with E-state index in [0.29, 0.717) is 30.3 Å². The van der Waals surface area contributed by atoms with Gasteiger partial charge in [0.2, 0.25) is 5.78 Å². The average Bonchev–Trinajstić information content (AvgIpc) is 3.18. The van der Waals surface area contributed by atoms with Crippen molar-refractivity contribution in [3.63, 3.8) is 0 Å². The Balaban J connectivity index is 1.36. The van der Waals surface area contributed by atoms with Crippen LogP contribution in [0.25, 0.3) is 6.08 Å². The van der Waals surface area contributed by atoms with Gasteiger partial charge in [0.25, 0.3) is 0 Å². The third-order valence-electron chi connectivity index (χ3n) is 6.04. The zero-order chi connectivity index (χ0) is 23.7. The molecule has 0 saturated heterocycles. The molecule has 34 heavy (non-hydrogen) atoms. The van der Waals surface area contributed by atoms with Gasteiger partial charge in [-0.1, -0.05) is 28.1 Å². The fourth-order valence-corrected chi connectivity index (χ4v) is 4.57. The molecule has 0 radical (unpaired) electrons. The highest BCUT2D eigenvalue weighted by atomic mass is 79.9. The summed E-state index contributed by atoms with van der Waals surface area (Å²) < 4.78 is 23.7. The molecule has 0 bridgehead atoms. The van der Waals surface area contributed by atoms with Crippen molar-refractivity contribution < 1.29 is 23.7 Å². The van der Waals surface area contributed by atoms with Crippen LogP contribution < -0.4 is 18.9 Å². The van der Waals surface area contributed by atoms with Crippen LogP contribution in [0.15, 0.2) is 64.8 Å². The lowest BCUT2D eigenvalue weighted by molar-refractivity contribution is 0.0949. The van der Waals surface area contributed by atoms with E-state index < -0.39 is 0 Å². The Morgan fingerprint density at radius 2 is 1.88 bits per heavy atom. The first-order chi connectivity index (χ1) is 16.6. The normalized spacial score (nSPS) is 16.0. The Morgan fingerprint density at radius 1 is 1.06 bits per heavy atom. The number of carbonyl (C=O) groups excluding carboxylic acids is 1. The van der Waals surface area contributed by atoms with Gasteiger partial charge in [0.05, 0.1) is 25.3 Å². The first-order valence-corrected chi connectivity index (χ1v) is 11.8. The molecular formula is C27H24BrNO5. The topological polar surface area (TPSA) is 57.2 Å². The van der Waals surface area contributed by atoms with E-state index in [4.69, 9.17) is 18.9 Å². The van der Waals surface area contributed by atoms with Gasteiger partial charge >= 0.3 is 0 Å². The number of hydrogen-bond donors (Lipinski definition) is 0. The second kappa shape index (κ2) is 9.52. The molecule has 0 atom stereocenters. The lowest BCUT2D eigenvalue weighted by Crippen LogP contribution is -2.33. The smallest absolute Gasteiger partial charge is 0.231 e. The third kappa shape index (κ3) is 4.41. The maximum absolute atomic E-state index is 13.1. The largest absolute Gasteiger partial charge is 0.497 e. The number of allylic oxidation sites excluding steroid dienone is 1. The highest BCUT2D eigenvalue weighted by Crippen LogP contribution is 2.42. The second-order valence-electron chi connectivity index (χ2n) is 8.17. The van der Waals surface area contributed by atoms with Crippen molar-refractivity contribution in [1.82, 2.24) is 4.90 Å². The van der Waals surface area contributed by atoms with E-state index in [9.17, 15) is 4.79 Å². The molecule has 3 aromatic rings. The minimum absolute atomic E-state index is 0.143. The highest BCUT2D eigenvalue weighted by Gasteiger charge is 2.33. The van der Waals surface area contributed by atoms with E-state index in [1.54, 1.807) is 26.4 Å². The molecule has 7 heteroatoms. The standard InChI is InChI=1S/C27H24BrNO5/c1-31-20-6-3-17(4-7-20)11-12-29-15-22-24(33-16-29)10-8-21-26(30)25(34-27(21)22)14-18-13-19(28)5-9-23(18)32-2/h3-10,13-14H,11-12,15-16H2,1-2H3/b25-14-. The molecule has 0 unspecified atom stereocenters. The van der Waals surface area contributed by atoms with Crippen LogP contribution in [0.3, 0.4) is 0 Å². The zero-order valence-electron chi connectivity index (χ0n) is 19.0. The summed E-state index contributed by atoms with van der Waals surface area (Å²) in [5, 5.41) is 0. The van der Waals surface area contributed by atoms with Crippen LogP contribution in [-0.4, -0.2) is 38.2 Å².